The zero-order valence-electron chi connectivity index (χ0n) is 11.8. The Kier molecular flexibility index (Phi) is 5.38. The summed E-state index contributed by atoms with van der Waals surface area (Å²) in [6.45, 7) is 7.82. The first kappa shape index (κ1) is 14.3. The second-order valence-electron chi connectivity index (χ2n) is 4.45. The van der Waals surface area contributed by atoms with Crippen LogP contribution in [0.25, 0.3) is 0 Å². The van der Waals surface area contributed by atoms with Gasteiger partial charge in [0.15, 0.2) is 5.76 Å². The number of para-hydroxylation sites is 1. The Hall–Kier alpha value is -2.07. The minimum absolute atomic E-state index is 0.382. The molecule has 1 aromatic heterocycles. The zero-order valence-corrected chi connectivity index (χ0v) is 11.8. The molecule has 0 aliphatic rings. The van der Waals surface area contributed by atoms with Gasteiger partial charge < -0.3 is 14.6 Å². The second kappa shape index (κ2) is 7.50. The molecule has 0 saturated carbocycles. The van der Waals surface area contributed by atoms with Crippen LogP contribution in [0.3, 0.4) is 0 Å². The fourth-order valence-corrected chi connectivity index (χ4v) is 1.88. The van der Waals surface area contributed by atoms with Crippen molar-refractivity contribution in [1.82, 2.24) is 10.5 Å². The maximum atomic E-state index is 5.79. The molecule has 1 aromatic carbocycles. The second-order valence-corrected chi connectivity index (χ2v) is 4.45. The van der Waals surface area contributed by atoms with Crippen molar-refractivity contribution >= 4 is 0 Å². The first-order valence-electron chi connectivity index (χ1n) is 6.80. The highest BCUT2D eigenvalue weighted by molar-refractivity contribution is 5.34. The number of aromatic nitrogens is 1. The summed E-state index contributed by atoms with van der Waals surface area (Å²) in [7, 11) is 0. The third kappa shape index (κ3) is 3.96. The molecule has 1 heterocycles. The van der Waals surface area contributed by atoms with E-state index in [1.165, 1.54) is 0 Å². The van der Waals surface area contributed by atoms with Crippen molar-refractivity contribution in [2.45, 2.75) is 26.5 Å². The zero-order chi connectivity index (χ0) is 14.2. The Morgan fingerprint density at radius 2 is 2.25 bits per heavy atom. The Labute approximate surface area is 119 Å². The van der Waals surface area contributed by atoms with Crippen LogP contribution in [-0.4, -0.2) is 11.7 Å². The molecule has 1 N–H and O–H groups in total. The Morgan fingerprint density at radius 1 is 1.40 bits per heavy atom. The van der Waals surface area contributed by atoms with E-state index >= 15 is 0 Å². The molecule has 2 aromatic rings. The molecular formula is C16H20N2O2. The number of benzene rings is 1. The van der Waals surface area contributed by atoms with Crippen LogP contribution in [0.15, 0.2) is 47.5 Å². The van der Waals surface area contributed by atoms with Crippen molar-refractivity contribution < 1.29 is 9.26 Å². The minimum Gasteiger partial charge on any atom is -0.485 e. The molecule has 0 radical (unpaired) electrons. The van der Waals surface area contributed by atoms with Gasteiger partial charge in [-0.15, -0.1) is 6.58 Å². The summed E-state index contributed by atoms with van der Waals surface area (Å²) >= 11 is 0. The molecule has 20 heavy (non-hydrogen) atoms. The third-order valence-electron chi connectivity index (χ3n) is 2.87. The topological polar surface area (TPSA) is 47.3 Å². The first-order valence-corrected chi connectivity index (χ1v) is 6.80. The molecule has 0 atom stereocenters. The fraction of sp³-hybridized carbons (Fsp3) is 0.312. The highest BCUT2D eigenvalue weighted by Crippen LogP contribution is 2.20. The molecule has 106 valence electrons. The molecular weight excluding hydrogens is 252 g/mol. The highest BCUT2D eigenvalue weighted by Gasteiger charge is 2.06. The summed E-state index contributed by atoms with van der Waals surface area (Å²) in [4.78, 5) is 0. The Bertz CT molecular complexity index is 549. The van der Waals surface area contributed by atoms with Crippen LogP contribution >= 0.6 is 0 Å². The molecule has 4 heteroatoms. The molecule has 0 unspecified atom stereocenters. The van der Waals surface area contributed by atoms with Gasteiger partial charge in [0, 0.05) is 12.6 Å². The summed E-state index contributed by atoms with van der Waals surface area (Å²) in [5.41, 5.74) is 2.01. The maximum absolute atomic E-state index is 5.79. The monoisotopic (exact) mass is 272 g/mol. The molecule has 2 rings (SSSR count). The van der Waals surface area contributed by atoms with E-state index in [0.29, 0.717) is 13.2 Å². The van der Waals surface area contributed by atoms with Gasteiger partial charge in [0.05, 0.1) is 5.69 Å². The van der Waals surface area contributed by atoms with E-state index in [-0.39, 0.29) is 0 Å². The van der Waals surface area contributed by atoms with Crippen LogP contribution < -0.4 is 10.1 Å². The normalized spacial score (nSPS) is 10.4. The van der Waals surface area contributed by atoms with Crippen molar-refractivity contribution in [2.75, 3.05) is 6.54 Å². The number of ether oxygens (including phenoxy) is 1. The summed E-state index contributed by atoms with van der Waals surface area (Å²) < 4.78 is 11.0. The Morgan fingerprint density at radius 3 is 3.05 bits per heavy atom. The standard InChI is InChI=1S/C16H20N2O2/c1-3-7-13-8-5-6-9-16(13)19-12-15-10-14(18-20-15)11-17-4-2/h3,5-6,8-10,17H,1,4,7,11-12H2,2H3. The number of hydrogen-bond donors (Lipinski definition) is 1. The minimum atomic E-state index is 0.382. The van der Waals surface area contributed by atoms with Gasteiger partial charge in [-0.05, 0) is 24.6 Å². The fourth-order valence-electron chi connectivity index (χ4n) is 1.88. The van der Waals surface area contributed by atoms with E-state index in [9.17, 15) is 0 Å². The lowest BCUT2D eigenvalue weighted by molar-refractivity contribution is 0.247. The SMILES string of the molecule is C=CCc1ccccc1OCc1cc(CNCC)no1. The van der Waals surface area contributed by atoms with Gasteiger partial charge in [-0.3, -0.25) is 0 Å². The average molecular weight is 272 g/mol. The van der Waals surface area contributed by atoms with E-state index in [1.807, 2.05) is 36.4 Å². The quantitative estimate of drug-likeness (QED) is 0.750. The molecule has 0 aliphatic carbocycles. The van der Waals surface area contributed by atoms with E-state index in [0.717, 1.165) is 35.7 Å². The number of nitrogens with zero attached hydrogens (tertiary/aromatic N) is 1. The first-order chi connectivity index (χ1) is 9.83. The van der Waals surface area contributed by atoms with Crippen molar-refractivity contribution in [3.8, 4) is 5.75 Å². The molecule has 0 bridgehead atoms. The predicted octanol–water partition coefficient (Wildman–Crippen LogP) is 3.09. The lowest BCUT2D eigenvalue weighted by atomic mass is 10.1. The molecule has 0 spiro atoms. The van der Waals surface area contributed by atoms with Gasteiger partial charge in [-0.25, -0.2) is 0 Å². The number of allylic oxidation sites excluding steroid dienone is 1. The van der Waals surface area contributed by atoms with Gasteiger partial charge in [-0.2, -0.15) is 0 Å². The molecule has 0 fully saturated rings. The summed E-state index contributed by atoms with van der Waals surface area (Å²) in [5.74, 6) is 1.59. The van der Waals surface area contributed by atoms with Crippen molar-refractivity contribution in [3.63, 3.8) is 0 Å². The average Bonchev–Trinajstić information content (AvgIpc) is 2.92. The summed E-state index contributed by atoms with van der Waals surface area (Å²) in [6, 6.07) is 9.86. The van der Waals surface area contributed by atoms with Crippen LogP contribution in [0.5, 0.6) is 5.75 Å². The molecule has 0 aliphatic heterocycles. The van der Waals surface area contributed by atoms with E-state index in [4.69, 9.17) is 9.26 Å². The van der Waals surface area contributed by atoms with Gasteiger partial charge in [0.25, 0.3) is 0 Å². The van der Waals surface area contributed by atoms with E-state index < -0.39 is 0 Å². The Balaban J connectivity index is 1.94. The largest absolute Gasteiger partial charge is 0.485 e. The number of hydrogen-bond acceptors (Lipinski definition) is 4. The van der Waals surface area contributed by atoms with E-state index in [1.54, 1.807) is 0 Å². The van der Waals surface area contributed by atoms with Crippen LogP contribution in [0.4, 0.5) is 0 Å². The predicted molar refractivity (Wildman–Crippen MR) is 78.6 cm³/mol. The van der Waals surface area contributed by atoms with Crippen molar-refractivity contribution in [3.05, 3.63) is 60.0 Å². The van der Waals surface area contributed by atoms with E-state index in [2.05, 4.69) is 24.0 Å². The summed E-state index contributed by atoms with van der Waals surface area (Å²) in [5, 5.41) is 7.19. The summed E-state index contributed by atoms with van der Waals surface area (Å²) in [6.07, 6.45) is 2.66. The molecule has 0 amide bonds. The lowest BCUT2D eigenvalue weighted by Crippen LogP contribution is -2.11. The van der Waals surface area contributed by atoms with Crippen LogP contribution in [0, 0.1) is 0 Å². The van der Waals surface area contributed by atoms with Gasteiger partial charge in [0.2, 0.25) is 0 Å². The smallest absolute Gasteiger partial charge is 0.174 e. The third-order valence-corrected chi connectivity index (χ3v) is 2.87. The number of rotatable bonds is 8. The van der Waals surface area contributed by atoms with Gasteiger partial charge in [-0.1, -0.05) is 36.4 Å². The lowest BCUT2D eigenvalue weighted by Gasteiger charge is -2.08. The van der Waals surface area contributed by atoms with Crippen molar-refractivity contribution in [2.24, 2.45) is 0 Å². The van der Waals surface area contributed by atoms with Crippen LogP contribution in [0.2, 0.25) is 0 Å². The van der Waals surface area contributed by atoms with Crippen LogP contribution in [-0.2, 0) is 19.6 Å². The highest BCUT2D eigenvalue weighted by atomic mass is 16.5. The maximum Gasteiger partial charge on any atom is 0.174 e. The van der Waals surface area contributed by atoms with Crippen molar-refractivity contribution in [1.29, 1.82) is 0 Å². The van der Waals surface area contributed by atoms with Crippen LogP contribution in [0.1, 0.15) is 23.9 Å². The van der Waals surface area contributed by atoms with Gasteiger partial charge in [0.1, 0.15) is 12.4 Å². The molecule has 0 saturated heterocycles. The number of nitrogens with one attached hydrogen (secondary N) is 1. The van der Waals surface area contributed by atoms with Gasteiger partial charge >= 0.3 is 0 Å². The molecule has 4 nitrogen and oxygen atoms in total.